The fraction of sp³-hybridized carbons (Fsp3) is 0.368. The van der Waals surface area contributed by atoms with Crippen LogP contribution in [0.1, 0.15) is 45.2 Å². The van der Waals surface area contributed by atoms with Gasteiger partial charge in [-0.2, -0.15) is 9.90 Å². The lowest BCUT2D eigenvalue weighted by Crippen LogP contribution is -2.54. The van der Waals surface area contributed by atoms with Crippen molar-refractivity contribution < 1.29 is 19.2 Å². The molecule has 1 aromatic carbocycles. The van der Waals surface area contributed by atoms with E-state index >= 15 is 0 Å². The Balaban J connectivity index is 1.30. The van der Waals surface area contributed by atoms with Crippen LogP contribution in [0, 0.1) is 0 Å². The SMILES string of the molecule is O=C1CCC(N2C(=O)c3ccc(CNc4cnn(C5CNC5)n4)cc3C2=O)C(=O)N1. The lowest BCUT2D eigenvalue weighted by molar-refractivity contribution is -0.136. The molecule has 2 saturated heterocycles. The van der Waals surface area contributed by atoms with Crippen LogP contribution in [0.15, 0.2) is 24.4 Å². The molecule has 1 aromatic heterocycles. The van der Waals surface area contributed by atoms with Crippen molar-refractivity contribution in [3.05, 3.63) is 41.1 Å². The highest BCUT2D eigenvalue weighted by molar-refractivity contribution is 6.23. The summed E-state index contributed by atoms with van der Waals surface area (Å²) >= 11 is 0. The van der Waals surface area contributed by atoms with Gasteiger partial charge in [-0.3, -0.25) is 29.4 Å². The van der Waals surface area contributed by atoms with Crippen molar-refractivity contribution in [3.8, 4) is 0 Å². The molecule has 2 aromatic rings. The maximum absolute atomic E-state index is 12.9. The first-order valence-corrected chi connectivity index (χ1v) is 9.72. The zero-order chi connectivity index (χ0) is 20.8. The Labute approximate surface area is 170 Å². The number of carbonyl (C=O) groups is 4. The molecule has 2 fully saturated rings. The summed E-state index contributed by atoms with van der Waals surface area (Å²) in [6.07, 6.45) is 1.87. The number of imide groups is 2. The number of benzene rings is 1. The molecule has 11 nitrogen and oxygen atoms in total. The van der Waals surface area contributed by atoms with Crippen LogP contribution in [-0.4, -0.2) is 62.7 Å². The third-order valence-corrected chi connectivity index (χ3v) is 5.57. The lowest BCUT2D eigenvalue weighted by Gasteiger charge is -2.27. The fourth-order valence-corrected chi connectivity index (χ4v) is 3.79. The van der Waals surface area contributed by atoms with E-state index in [9.17, 15) is 19.2 Å². The monoisotopic (exact) mass is 409 g/mol. The molecular formula is C19H19N7O4. The third kappa shape index (κ3) is 3.03. The van der Waals surface area contributed by atoms with Gasteiger partial charge in [-0.25, -0.2) is 0 Å². The Morgan fingerprint density at radius 1 is 1.10 bits per heavy atom. The molecule has 11 heteroatoms. The topological polar surface area (TPSA) is 138 Å². The van der Waals surface area contributed by atoms with Crippen LogP contribution in [0.3, 0.4) is 0 Å². The van der Waals surface area contributed by atoms with Gasteiger partial charge in [-0.05, 0) is 24.1 Å². The van der Waals surface area contributed by atoms with Crippen LogP contribution in [-0.2, 0) is 16.1 Å². The van der Waals surface area contributed by atoms with Crippen molar-refractivity contribution in [2.24, 2.45) is 0 Å². The van der Waals surface area contributed by atoms with Gasteiger partial charge in [0.25, 0.3) is 11.8 Å². The van der Waals surface area contributed by atoms with Gasteiger partial charge < -0.3 is 10.6 Å². The number of aromatic nitrogens is 3. The summed E-state index contributed by atoms with van der Waals surface area (Å²) in [5, 5.41) is 17.1. The molecule has 0 bridgehead atoms. The molecule has 1 atom stereocenters. The molecule has 154 valence electrons. The molecular weight excluding hydrogens is 390 g/mol. The summed E-state index contributed by atoms with van der Waals surface area (Å²) in [6.45, 7) is 2.09. The van der Waals surface area contributed by atoms with Gasteiger partial charge in [0, 0.05) is 26.1 Å². The van der Waals surface area contributed by atoms with E-state index in [2.05, 4.69) is 26.1 Å². The van der Waals surface area contributed by atoms with Gasteiger partial charge in [0.05, 0.1) is 23.4 Å². The molecule has 3 N–H and O–H groups in total. The van der Waals surface area contributed by atoms with E-state index in [-0.39, 0.29) is 30.0 Å². The second-order valence-corrected chi connectivity index (χ2v) is 7.54. The smallest absolute Gasteiger partial charge is 0.262 e. The van der Waals surface area contributed by atoms with Gasteiger partial charge >= 0.3 is 0 Å². The molecule has 5 rings (SSSR count). The first-order chi connectivity index (χ1) is 14.5. The van der Waals surface area contributed by atoms with Gasteiger partial charge in [0.1, 0.15) is 6.04 Å². The summed E-state index contributed by atoms with van der Waals surface area (Å²) in [6, 6.07) is 4.30. The Kier molecular flexibility index (Phi) is 4.31. The van der Waals surface area contributed by atoms with Crippen molar-refractivity contribution in [2.75, 3.05) is 18.4 Å². The average Bonchev–Trinajstić information content (AvgIpc) is 3.23. The van der Waals surface area contributed by atoms with Crippen molar-refractivity contribution in [1.82, 2.24) is 30.5 Å². The molecule has 30 heavy (non-hydrogen) atoms. The number of anilines is 1. The normalized spacial score (nSPS) is 21.5. The average molecular weight is 409 g/mol. The quantitative estimate of drug-likeness (QED) is 0.559. The number of carbonyl (C=O) groups excluding carboxylic acids is 4. The molecule has 0 aliphatic carbocycles. The first-order valence-electron chi connectivity index (χ1n) is 9.72. The summed E-state index contributed by atoms with van der Waals surface area (Å²) < 4.78 is 0. The Bertz CT molecular complexity index is 1070. The maximum Gasteiger partial charge on any atom is 0.262 e. The number of amides is 4. The highest BCUT2D eigenvalue weighted by Crippen LogP contribution is 2.28. The highest BCUT2D eigenvalue weighted by Gasteiger charge is 2.44. The zero-order valence-corrected chi connectivity index (χ0v) is 15.9. The van der Waals surface area contributed by atoms with Gasteiger partial charge in [0.2, 0.25) is 11.8 Å². The number of piperidine rings is 1. The van der Waals surface area contributed by atoms with Gasteiger partial charge in [-0.15, -0.1) is 5.10 Å². The number of nitrogens with one attached hydrogen (secondary N) is 3. The van der Waals surface area contributed by atoms with E-state index in [1.54, 1.807) is 29.2 Å². The van der Waals surface area contributed by atoms with Gasteiger partial charge in [0.15, 0.2) is 5.82 Å². The first kappa shape index (κ1) is 18.4. The summed E-state index contributed by atoms with van der Waals surface area (Å²) in [4.78, 5) is 51.7. The number of nitrogens with zero attached hydrogens (tertiary/aromatic N) is 4. The molecule has 0 saturated carbocycles. The van der Waals surface area contributed by atoms with Crippen LogP contribution in [0.2, 0.25) is 0 Å². The van der Waals surface area contributed by atoms with Crippen molar-refractivity contribution in [3.63, 3.8) is 0 Å². The van der Waals surface area contributed by atoms with Gasteiger partial charge in [-0.1, -0.05) is 6.07 Å². The van der Waals surface area contributed by atoms with E-state index in [1.165, 1.54) is 0 Å². The molecule has 4 amide bonds. The minimum atomic E-state index is -0.965. The van der Waals surface area contributed by atoms with Crippen LogP contribution in [0.25, 0.3) is 0 Å². The Hall–Kier alpha value is -3.60. The molecule has 3 aliphatic rings. The summed E-state index contributed by atoms with van der Waals surface area (Å²) in [5.74, 6) is -1.43. The van der Waals surface area contributed by atoms with Crippen LogP contribution in [0.4, 0.5) is 5.82 Å². The molecule has 3 aliphatic heterocycles. The molecule has 0 radical (unpaired) electrons. The second kappa shape index (κ2) is 7.02. The van der Waals surface area contributed by atoms with Crippen molar-refractivity contribution in [1.29, 1.82) is 0 Å². The van der Waals surface area contributed by atoms with Crippen LogP contribution in [0.5, 0.6) is 0 Å². The van der Waals surface area contributed by atoms with Crippen molar-refractivity contribution in [2.45, 2.75) is 31.5 Å². The minimum Gasteiger partial charge on any atom is -0.363 e. The Morgan fingerprint density at radius 2 is 1.90 bits per heavy atom. The second-order valence-electron chi connectivity index (χ2n) is 7.54. The standard InChI is InChI=1S/C19H19N7O4/c27-16-4-3-14(17(28)23-16)25-18(29)12-2-1-10(5-13(12)19(25)30)6-21-15-9-22-26(24-15)11-7-20-8-11/h1-2,5,9,11,14,20H,3-4,6-8H2,(H,21,24)(H,23,27,28). The predicted octanol–water partition coefficient (Wildman–Crippen LogP) is -0.564. The third-order valence-electron chi connectivity index (χ3n) is 5.57. The predicted molar refractivity (Wildman–Crippen MR) is 102 cm³/mol. The molecule has 0 spiro atoms. The number of fused-ring (bicyclic) bond motifs is 1. The van der Waals surface area contributed by atoms with E-state index in [4.69, 9.17) is 0 Å². The Morgan fingerprint density at radius 3 is 2.63 bits per heavy atom. The summed E-state index contributed by atoms with van der Waals surface area (Å²) in [5.41, 5.74) is 1.31. The van der Waals surface area contributed by atoms with E-state index in [0.717, 1.165) is 23.6 Å². The number of rotatable bonds is 5. The molecule has 1 unspecified atom stereocenters. The zero-order valence-electron chi connectivity index (χ0n) is 15.9. The number of hydrogen-bond donors (Lipinski definition) is 3. The maximum atomic E-state index is 12.9. The van der Waals surface area contributed by atoms with E-state index in [1.807, 2.05) is 0 Å². The lowest BCUT2D eigenvalue weighted by atomic mass is 10.0. The number of hydrogen-bond acceptors (Lipinski definition) is 8. The van der Waals surface area contributed by atoms with Crippen LogP contribution >= 0.6 is 0 Å². The highest BCUT2D eigenvalue weighted by atomic mass is 16.2. The van der Waals surface area contributed by atoms with Crippen molar-refractivity contribution >= 4 is 29.4 Å². The fourth-order valence-electron chi connectivity index (χ4n) is 3.79. The molecule has 4 heterocycles. The minimum absolute atomic E-state index is 0.0938. The summed E-state index contributed by atoms with van der Waals surface area (Å²) in [7, 11) is 0. The van der Waals surface area contributed by atoms with E-state index in [0.29, 0.717) is 12.4 Å². The van der Waals surface area contributed by atoms with Crippen LogP contribution < -0.4 is 16.0 Å². The largest absolute Gasteiger partial charge is 0.363 e. The van der Waals surface area contributed by atoms with E-state index < -0.39 is 29.7 Å².